The maximum Gasteiger partial charge on any atom is 0.0658 e. The van der Waals surface area contributed by atoms with Crippen LogP contribution in [0.1, 0.15) is 12.0 Å². The van der Waals surface area contributed by atoms with E-state index >= 15 is 0 Å². The van der Waals surface area contributed by atoms with Crippen molar-refractivity contribution in [2.45, 2.75) is 13.0 Å². The third kappa shape index (κ3) is 3.91. The first kappa shape index (κ1) is 14.8. The zero-order valence-corrected chi connectivity index (χ0v) is 12.9. The predicted molar refractivity (Wildman–Crippen MR) is 86.5 cm³/mol. The minimum atomic E-state index is 0.366. The molecule has 0 saturated carbocycles. The molecule has 19 heavy (non-hydrogen) atoms. The molecule has 5 heteroatoms. The van der Waals surface area contributed by atoms with E-state index < -0.39 is 0 Å². The molecule has 1 fully saturated rings. The lowest BCUT2D eigenvalue weighted by atomic mass is 10.1. The maximum absolute atomic E-state index is 6.14. The molecule has 1 aliphatic rings. The zero-order valence-electron chi connectivity index (χ0n) is 10.5. The van der Waals surface area contributed by atoms with Gasteiger partial charge < -0.3 is 5.73 Å². The molecular weight excluding hydrogens is 299 g/mol. The maximum atomic E-state index is 6.14. The number of aliphatic imine (C=N–C) groups is 1. The van der Waals surface area contributed by atoms with Gasteiger partial charge in [-0.2, -0.15) is 11.8 Å². The second kappa shape index (κ2) is 7.22. The van der Waals surface area contributed by atoms with E-state index in [2.05, 4.69) is 4.99 Å². The summed E-state index contributed by atoms with van der Waals surface area (Å²) in [4.78, 5) is 4.68. The average Bonchev–Trinajstić information content (AvgIpc) is 2.46. The van der Waals surface area contributed by atoms with Crippen molar-refractivity contribution in [2.24, 2.45) is 10.7 Å². The number of rotatable bonds is 3. The molecule has 2 N–H and O–H groups in total. The van der Waals surface area contributed by atoms with E-state index in [1.807, 2.05) is 36.0 Å². The molecule has 0 amide bonds. The Hall–Kier alpha value is -0.640. The number of allylic oxidation sites excluding steroid dienone is 2. The molecule has 0 aliphatic carbocycles. The summed E-state index contributed by atoms with van der Waals surface area (Å²) in [5, 5.41) is 0.756. The molecule has 1 heterocycles. The summed E-state index contributed by atoms with van der Waals surface area (Å²) < 4.78 is 0. The summed E-state index contributed by atoms with van der Waals surface area (Å²) >= 11 is 13.8. The third-order valence-corrected chi connectivity index (χ3v) is 4.64. The van der Waals surface area contributed by atoms with Crippen LogP contribution in [0.4, 0.5) is 0 Å². The highest BCUT2D eigenvalue weighted by Gasteiger charge is 2.16. The SMILES string of the molecule is N/C(CCl)=C1/CCSCC1=NCc1ccccc1Cl. The molecule has 0 atom stereocenters. The number of hydrogen-bond donors (Lipinski definition) is 1. The van der Waals surface area contributed by atoms with E-state index in [1.54, 1.807) is 0 Å². The summed E-state index contributed by atoms with van der Waals surface area (Å²) in [7, 11) is 0. The Morgan fingerprint density at radius 3 is 2.89 bits per heavy atom. The molecule has 1 saturated heterocycles. The average molecular weight is 315 g/mol. The highest BCUT2D eigenvalue weighted by Crippen LogP contribution is 2.23. The fourth-order valence-corrected chi connectivity index (χ4v) is 3.26. The molecule has 2 nitrogen and oxygen atoms in total. The van der Waals surface area contributed by atoms with Crippen molar-refractivity contribution < 1.29 is 0 Å². The lowest BCUT2D eigenvalue weighted by molar-refractivity contribution is 1.04. The third-order valence-electron chi connectivity index (χ3n) is 3.01. The predicted octanol–water partition coefficient (Wildman–Crippen LogP) is 3.87. The van der Waals surface area contributed by atoms with Gasteiger partial charge in [-0.1, -0.05) is 29.8 Å². The van der Waals surface area contributed by atoms with Crippen molar-refractivity contribution >= 4 is 40.7 Å². The number of alkyl halides is 1. The van der Waals surface area contributed by atoms with Gasteiger partial charge >= 0.3 is 0 Å². The smallest absolute Gasteiger partial charge is 0.0658 e. The highest BCUT2D eigenvalue weighted by molar-refractivity contribution is 8.00. The Kier molecular flexibility index (Phi) is 5.61. The molecule has 1 aromatic carbocycles. The zero-order chi connectivity index (χ0) is 13.7. The molecule has 1 aromatic rings. The first-order valence-electron chi connectivity index (χ1n) is 6.10. The van der Waals surface area contributed by atoms with Crippen molar-refractivity contribution in [3.8, 4) is 0 Å². The first-order chi connectivity index (χ1) is 9.22. The Balaban J connectivity index is 2.19. The first-order valence-corrected chi connectivity index (χ1v) is 8.17. The van der Waals surface area contributed by atoms with Crippen LogP contribution in [0, 0.1) is 0 Å². The lowest BCUT2D eigenvalue weighted by Crippen LogP contribution is -2.19. The topological polar surface area (TPSA) is 38.4 Å². The monoisotopic (exact) mass is 314 g/mol. The van der Waals surface area contributed by atoms with Gasteiger partial charge in [-0.05, 0) is 29.4 Å². The van der Waals surface area contributed by atoms with Gasteiger partial charge in [-0.15, -0.1) is 11.6 Å². The molecule has 0 radical (unpaired) electrons. The number of nitrogens with two attached hydrogens (primary N) is 1. The number of nitrogens with zero attached hydrogens (tertiary/aromatic N) is 1. The van der Waals surface area contributed by atoms with Gasteiger partial charge in [0.1, 0.15) is 0 Å². The minimum absolute atomic E-state index is 0.366. The second-order valence-corrected chi connectivity index (χ2v) is 6.07. The van der Waals surface area contributed by atoms with Crippen LogP contribution in [0.5, 0.6) is 0 Å². The highest BCUT2D eigenvalue weighted by atomic mass is 35.5. The van der Waals surface area contributed by atoms with Gasteiger partial charge in [0.05, 0.1) is 18.1 Å². The van der Waals surface area contributed by atoms with E-state index in [4.69, 9.17) is 28.9 Å². The van der Waals surface area contributed by atoms with E-state index in [-0.39, 0.29) is 0 Å². The van der Waals surface area contributed by atoms with Crippen LogP contribution in [0.25, 0.3) is 0 Å². The fraction of sp³-hybridized carbons (Fsp3) is 0.357. The van der Waals surface area contributed by atoms with Crippen molar-refractivity contribution in [1.82, 2.24) is 0 Å². The summed E-state index contributed by atoms with van der Waals surface area (Å²) in [5.74, 6) is 2.35. The summed E-state index contributed by atoms with van der Waals surface area (Å²) in [6, 6.07) is 7.78. The van der Waals surface area contributed by atoms with Crippen LogP contribution in [0.15, 0.2) is 40.5 Å². The summed E-state index contributed by atoms with van der Waals surface area (Å²) in [6.45, 7) is 0.592. The number of halogens is 2. The molecule has 102 valence electrons. The molecule has 0 spiro atoms. The largest absolute Gasteiger partial charge is 0.401 e. The lowest BCUT2D eigenvalue weighted by Gasteiger charge is -2.19. The minimum Gasteiger partial charge on any atom is -0.401 e. The van der Waals surface area contributed by atoms with Crippen LogP contribution >= 0.6 is 35.0 Å². The van der Waals surface area contributed by atoms with Crippen molar-refractivity contribution in [2.75, 3.05) is 17.4 Å². The quantitative estimate of drug-likeness (QED) is 0.860. The molecule has 0 unspecified atom stereocenters. The van der Waals surface area contributed by atoms with E-state index in [0.29, 0.717) is 12.4 Å². The number of thioether (sulfide) groups is 1. The van der Waals surface area contributed by atoms with Crippen molar-refractivity contribution in [3.05, 3.63) is 46.1 Å². The Morgan fingerprint density at radius 2 is 2.16 bits per heavy atom. The van der Waals surface area contributed by atoms with Crippen molar-refractivity contribution in [3.63, 3.8) is 0 Å². The number of hydrogen-bond acceptors (Lipinski definition) is 3. The van der Waals surface area contributed by atoms with Crippen LogP contribution in [-0.4, -0.2) is 23.1 Å². The Bertz CT molecular complexity index is 512. The van der Waals surface area contributed by atoms with Crippen LogP contribution in [0.2, 0.25) is 5.02 Å². The van der Waals surface area contributed by atoms with Crippen LogP contribution in [-0.2, 0) is 6.54 Å². The van der Waals surface area contributed by atoms with Crippen LogP contribution < -0.4 is 5.73 Å². The van der Waals surface area contributed by atoms with Gasteiger partial charge in [-0.25, -0.2) is 0 Å². The van der Waals surface area contributed by atoms with E-state index in [0.717, 1.165) is 45.5 Å². The normalized spacial score (nSPS) is 20.6. The molecule has 0 aromatic heterocycles. The summed E-state index contributed by atoms with van der Waals surface area (Å²) in [6.07, 6.45) is 0.949. The summed E-state index contributed by atoms with van der Waals surface area (Å²) in [5.41, 5.74) is 9.95. The van der Waals surface area contributed by atoms with Gasteiger partial charge in [-0.3, -0.25) is 4.99 Å². The van der Waals surface area contributed by atoms with Gasteiger partial charge in [0.2, 0.25) is 0 Å². The Morgan fingerprint density at radius 1 is 1.37 bits per heavy atom. The molecule has 0 bridgehead atoms. The number of benzene rings is 1. The van der Waals surface area contributed by atoms with Gasteiger partial charge in [0.25, 0.3) is 0 Å². The molecular formula is C14H16Cl2N2S. The second-order valence-electron chi connectivity index (χ2n) is 4.29. The Labute approximate surface area is 128 Å². The molecule has 2 rings (SSSR count). The van der Waals surface area contributed by atoms with Gasteiger partial charge in [0, 0.05) is 16.5 Å². The fourth-order valence-electron chi connectivity index (χ4n) is 1.95. The van der Waals surface area contributed by atoms with Crippen LogP contribution in [0.3, 0.4) is 0 Å². The van der Waals surface area contributed by atoms with Gasteiger partial charge in [0.15, 0.2) is 0 Å². The standard InChI is InChI=1S/C14H16Cl2N2S/c15-7-13(17)11-5-6-19-9-14(11)18-8-10-3-1-2-4-12(10)16/h1-4H,5-9,17H2/b13-11-,18-14?. The van der Waals surface area contributed by atoms with E-state index in [1.165, 1.54) is 0 Å². The van der Waals surface area contributed by atoms with Crippen molar-refractivity contribution in [1.29, 1.82) is 0 Å². The molecule has 1 aliphatic heterocycles. The van der Waals surface area contributed by atoms with E-state index in [9.17, 15) is 0 Å².